The van der Waals surface area contributed by atoms with Crippen molar-refractivity contribution in [2.75, 3.05) is 72.3 Å². The fourth-order valence-electron chi connectivity index (χ4n) is 16.4. The molecule has 32 N–H and O–H groups in total. The van der Waals surface area contributed by atoms with Crippen LogP contribution in [0.3, 0.4) is 0 Å². The molecule has 57 heteroatoms. The van der Waals surface area contributed by atoms with Crippen molar-refractivity contribution in [1.29, 1.82) is 0 Å². The number of aliphatic carboxylic acids is 1. The number of aromatic amines is 1. The molecule has 0 bridgehead atoms. The van der Waals surface area contributed by atoms with Gasteiger partial charge in [0.1, 0.15) is 140 Å². The normalized spacial score (nSPS) is 27.2. The largest absolute Gasteiger partial charge is 0.481 e. The lowest BCUT2D eigenvalue weighted by atomic mass is 9.94. The van der Waals surface area contributed by atoms with Gasteiger partial charge in [0, 0.05) is 64.4 Å². The van der Waals surface area contributed by atoms with Crippen LogP contribution in [0.1, 0.15) is 126 Å². The first-order chi connectivity index (χ1) is 65.6. The topological polar surface area (TPSA) is 874 Å². The number of hydrogen-bond acceptors (Lipinski definition) is 37. The molecule has 30 atom stereocenters. The van der Waals surface area contributed by atoms with E-state index >= 15 is 14.4 Å². The first-order valence-electron chi connectivity index (χ1n) is 45.4. The van der Waals surface area contributed by atoms with Crippen molar-refractivity contribution in [3.8, 4) is 0 Å². The Balaban J connectivity index is 1.19. The second kappa shape index (κ2) is 53.9. The Morgan fingerprint density at radius 3 is 1.59 bits per heavy atom. The molecule has 0 spiro atoms. The Morgan fingerprint density at radius 2 is 1.04 bits per heavy atom. The zero-order chi connectivity index (χ0) is 103. The molecule has 0 aliphatic carbocycles. The third-order valence-electron chi connectivity index (χ3n) is 23.8. The quantitative estimate of drug-likeness (QED) is 0.0164. The number of aliphatic hydroxyl groups excluding tert-OH is 11. The summed E-state index contributed by atoms with van der Waals surface area (Å²) in [5.74, 6) is -19.1. The molecule has 6 saturated heterocycles. The van der Waals surface area contributed by atoms with Crippen LogP contribution in [0.25, 0.3) is 0 Å². The molecule has 782 valence electrons. The van der Waals surface area contributed by atoms with Gasteiger partial charge in [-0.3, -0.25) is 86.5 Å². The summed E-state index contributed by atoms with van der Waals surface area (Å²) in [6, 6.07) is -24.3. The minimum absolute atomic E-state index is 0.0235. The van der Waals surface area contributed by atoms with E-state index < -0.39 is 347 Å². The molecule has 16 amide bonds. The van der Waals surface area contributed by atoms with Crippen LogP contribution < -0.4 is 86.3 Å². The summed E-state index contributed by atoms with van der Waals surface area (Å²) >= 11 is 0. The molecule has 6 aliphatic rings. The van der Waals surface area contributed by atoms with Gasteiger partial charge in [-0.1, -0.05) is 13.8 Å². The molecule has 1 aromatic rings. The Bertz CT molecular complexity index is 4410. The SMILES string of the molecule is CC(=O)NC1C(O)[C@H](O)[C@@H](CO)O[C@@H]1OC[C@H]1O[C@H](OC(C)C(NC(=O)C(CC(=O)O)NC(=O)C2CCCN2C(=O)C(C)NC(=O)C(CO)NC(=O)C(NC(=O)C(NC(=O)CNC(=O)C(N)Cc2cnc[nH]2)C(C)C)C(C)O)C(=O)NC(CCCN=C(N)N)C(=O)N2CCCC2C(=O)NC(C)C(=O)N2CCCC2C(=O)NCC(=O)NC(C)CO)C(NC(C)=O)C(O[C@H]2O[C@H](CO)[C@@H](O)C(O)C2O)[C@@H]1O. The van der Waals surface area contributed by atoms with E-state index in [1.807, 2.05) is 0 Å². The van der Waals surface area contributed by atoms with E-state index in [-0.39, 0.29) is 77.7 Å². The van der Waals surface area contributed by atoms with Crippen LogP contribution in [0.4, 0.5) is 0 Å². The number of H-pyrrole nitrogens is 1. The maximum atomic E-state index is 15.8. The van der Waals surface area contributed by atoms with Crippen LogP contribution in [-0.4, -0.2) is 447 Å². The van der Waals surface area contributed by atoms with Gasteiger partial charge in [-0.25, -0.2) is 4.98 Å². The number of imidazole rings is 1. The van der Waals surface area contributed by atoms with Crippen molar-refractivity contribution in [1.82, 2.24) is 93.8 Å². The molecule has 57 nitrogen and oxygen atoms in total. The third-order valence-corrected chi connectivity index (χ3v) is 23.8. The van der Waals surface area contributed by atoms with Crippen LogP contribution in [0, 0.1) is 5.92 Å². The van der Waals surface area contributed by atoms with Gasteiger partial charge in [0.25, 0.3) is 0 Å². The number of guanidine groups is 1. The van der Waals surface area contributed by atoms with Crippen molar-refractivity contribution >= 4 is 106 Å². The molecule has 21 unspecified atom stereocenters. The number of aromatic nitrogens is 2. The molecule has 0 radical (unpaired) electrons. The van der Waals surface area contributed by atoms with Gasteiger partial charge in [-0.2, -0.15) is 0 Å². The molecule has 7 heterocycles. The fraction of sp³-hybridized carbons (Fsp3) is 0.744. The maximum absolute atomic E-state index is 15.8. The maximum Gasteiger partial charge on any atom is 0.305 e. The van der Waals surface area contributed by atoms with Crippen LogP contribution in [0.15, 0.2) is 17.5 Å². The number of carbonyl (C=O) groups is 17. The number of amides is 16. The van der Waals surface area contributed by atoms with Crippen molar-refractivity contribution in [2.24, 2.45) is 28.1 Å². The van der Waals surface area contributed by atoms with Gasteiger partial charge in [0.15, 0.2) is 24.8 Å². The first-order valence-corrected chi connectivity index (χ1v) is 45.4. The zero-order valence-corrected chi connectivity index (χ0v) is 78.1. The number of likely N-dealkylation sites (tertiary alicyclic amines) is 3. The average Bonchev–Trinajstić information content (AvgIpc) is 1.60. The molecule has 7 rings (SSSR count). The van der Waals surface area contributed by atoms with E-state index in [4.69, 9.17) is 45.6 Å². The highest BCUT2D eigenvalue weighted by atomic mass is 16.7. The lowest BCUT2D eigenvalue weighted by Gasteiger charge is -2.48. The van der Waals surface area contributed by atoms with Crippen LogP contribution in [0.5, 0.6) is 0 Å². The molecule has 6 fully saturated rings. The summed E-state index contributed by atoms with van der Waals surface area (Å²) in [5.41, 5.74) is 17.8. The zero-order valence-electron chi connectivity index (χ0n) is 78.1. The Hall–Kier alpha value is -11.2. The van der Waals surface area contributed by atoms with Gasteiger partial charge in [0.2, 0.25) is 94.5 Å². The summed E-state index contributed by atoms with van der Waals surface area (Å²) < 4.78 is 36.4. The number of carboxylic acids is 1. The number of aliphatic hydroxyl groups is 11. The molecule has 6 aliphatic heterocycles. The van der Waals surface area contributed by atoms with Crippen LogP contribution >= 0.6 is 0 Å². The van der Waals surface area contributed by atoms with Gasteiger partial charge in [0.05, 0.1) is 77.1 Å². The van der Waals surface area contributed by atoms with Crippen LogP contribution in [-0.2, 0) is 116 Å². The molecule has 0 aromatic carbocycles. The first kappa shape index (κ1) is 115. The monoisotopic (exact) mass is 1990 g/mol. The number of nitrogens with zero attached hydrogens (tertiary/aromatic N) is 5. The highest BCUT2D eigenvalue weighted by molar-refractivity contribution is 6.01. The molecular weight excluding hydrogens is 1850 g/mol. The summed E-state index contributed by atoms with van der Waals surface area (Å²) in [5, 5.41) is 160. The number of carbonyl (C=O) groups excluding carboxylic acids is 16. The smallest absolute Gasteiger partial charge is 0.305 e. The van der Waals surface area contributed by atoms with Crippen molar-refractivity contribution in [3.05, 3.63) is 18.2 Å². The van der Waals surface area contributed by atoms with Gasteiger partial charge in [-0.15, -0.1) is 0 Å². The van der Waals surface area contributed by atoms with Gasteiger partial charge in [-0.05, 0) is 91.9 Å². The van der Waals surface area contributed by atoms with Crippen molar-refractivity contribution < 1.29 is 171 Å². The molecule has 1 aromatic heterocycles. The highest BCUT2D eigenvalue weighted by Crippen LogP contribution is 2.34. The van der Waals surface area contributed by atoms with E-state index in [9.17, 15) is 128 Å². The van der Waals surface area contributed by atoms with Crippen molar-refractivity contribution in [3.63, 3.8) is 0 Å². The number of hydrogen-bond donors (Lipinski definition) is 29. The number of rotatable bonds is 49. The van der Waals surface area contributed by atoms with Gasteiger partial charge < -0.3 is 196 Å². The number of nitrogens with one attached hydrogen (secondary N) is 14. The third kappa shape index (κ3) is 32.1. The van der Waals surface area contributed by atoms with Crippen LogP contribution in [0.2, 0.25) is 0 Å². The molecule has 0 saturated carbocycles. The Labute approximate surface area is 796 Å². The predicted octanol–water partition coefficient (Wildman–Crippen LogP) is -16.4. The lowest BCUT2D eigenvalue weighted by Crippen LogP contribution is -2.69. The number of aliphatic imine (C=N–C) groups is 1. The highest BCUT2D eigenvalue weighted by Gasteiger charge is 2.55. The summed E-state index contributed by atoms with van der Waals surface area (Å²) in [4.78, 5) is 251. The second-order valence-corrected chi connectivity index (χ2v) is 35.1. The Morgan fingerprint density at radius 1 is 0.532 bits per heavy atom. The van der Waals surface area contributed by atoms with E-state index in [1.165, 1.54) is 45.1 Å². The standard InChI is InChI=1S/C82H134N22O35/c1-33(2)55(99-53(113)26-88-67(122)42(83)22-41-24-86-32-90-41)73(128)100-56(37(6)109)74(129)98-45(28-106)69(124)92-35(4)76(131)103-20-12-17-48(103)72(127)97-44(23-54(114)115)68(123)101-57(75(130)96-43(14-10-18-87-82(84)85)78(133)104-21-13-16-47(104)71(126)93-36(5)77(132)102-19-11-15-46(102)70(125)89-25-52(112)91-34(3)27-105)38(7)135-80-59(95-40(9)111)66(139-81-65(121)64(120)61(117)50(30-108)137-81)62(118)51(138-80)31-134-79-58(94-39(8)110)63(119)60(116)49(29-107)136-79/h24,32-38,42-51,55-66,79-81,105-109,116-121H,10-23,25-31,83H2,1-9H3,(H,86,90)(H,88,122)(H,89,125)(H,91,112)(H,92,124)(H,93,126)(H,94,110)(H,95,111)(H,96,130)(H,97,127)(H,98,129)(H,99,113)(H,100,128)(H,101,123)(H,114,115)(H4,84,85,87)/t34?,35?,36?,37?,38?,42?,43?,44?,45?,46?,47?,48?,49-,50-,51-,55?,56?,57?,58?,59?,60-,61-,62-,63?,64?,65?,66?,79+,80+,81-/m1/s1. The predicted molar refractivity (Wildman–Crippen MR) is 471 cm³/mol. The molecular formula is C82H134N22O35. The summed E-state index contributed by atoms with van der Waals surface area (Å²) in [7, 11) is 0. The molecule has 139 heavy (non-hydrogen) atoms. The Kier molecular flexibility index (Phi) is 44.5. The summed E-state index contributed by atoms with van der Waals surface area (Å²) in [6.07, 6.45) is -28.8. The summed E-state index contributed by atoms with van der Waals surface area (Å²) in [6.45, 7) is 4.68. The van der Waals surface area contributed by atoms with E-state index in [0.717, 1.165) is 44.4 Å². The van der Waals surface area contributed by atoms with E-state index in [1.54, 1.807) is 0 Å². The minimum Gasteiger partial charge on any atom is -0.481 e. The van der Waals surface area contributed by atoms with Gasteiger partial charge >= 0.3 is 5.97 Å². The van der Waals surface area contributed by atoms with E-state index in [2.05, 4.69) is 84.1 Å². The fourth-order valence-corrected chi connectivity index (χ4v) is 16.4. The number of carboxylic acid groups (broad SMARTS) is 1. The average molecular weight is 1990 g/mol. The van der Waals surface area contributed by atoms with E-state index in [0.29, 0.717) is 12.1 Å². The minimum atomic E-state index is -2.39. The van der Waals surface area contributed by atoms with Crippen molar-refractivity contribution in [2.45, 2.75) is 309 Å². The number of nitrogens with two attached hydrogens (primary N) is 3. The lowest BCUT2D eigenvalue weighted by molar-refractivity contribution is -0.352. The second-order valence-electron chi connectivity index (χ2n) is 35.1. The number of ether oxygens (including phenoxy) is 6.